The second-order valence-electron chi connectivity index (χ2n) is 11.1. The second-order valence-corrected chi connectivity index (χ2v) is 11.1. The molecule has 1 N–H and O–H groups in total. The number of ether oxygens (including phenoxy) is 2. The number of hydrogen-bond acceptors (Lipinski definition) is 9. The number of aryl methyl sites for hydroxylation is 1. The summed E-state index contributed by atoms with van der Waals surface area (Å²) in [4.78, 5) is 40.2. The summed E-state index contributed by atoms with van der Waals surface area (Å²) in [6.07, 6.45) is -0.433. The lowest BCUT2D eigenvalue weighted by atomic mass is 10.0. The predicted molar refractivity (Wildman–Crippen MR) is 160 cm³/mol. The lowest BCUT2D eigenvalue weighted by Crippen LogP contribution is -2.37. The van der Waals surface area contributed by atoms with Crippen molar-refractivity contribution in [1.82, 2.24) is 19.4 Å². The van der Waals surface area contributed by atoms with Crippen LogP contribution < -0.4 is 20.7 Å². The number of hydrogen-bond donors (Lipinski definition) is 1. The van der Waals surface area contributed by atoms with Gasteiger partial charge in [-0.05, 0) is 25.6 Å². The van der Waals surface area contributed by atoms with E-state index in [0.29, 0.717) is 75.8 Å². The van der Waals surface area contributed by atoms with E-state index in [9.17, 15) is 22.8 Å². The molecule has 0 aliphatic carbocycles. The summed E-state index contributed by atoms with van der Waals surface area (Å²) in [5.41, 5.74) is -2.20. The molecule has 0 unspecified atom stereocenters. The number of carbonyl (C=O) groups is 1. The summed E-state index contributed by atoms with van der Waals surface area (Å²) in [6, 6.07) is 3.14. The second kappa shape index (κ2) is 13.5. The lowest BCUT2D eigenvalue weighted by molar-refractivity contribution is -0.138. The zero-order chi connectivity index (χ0) is 32.3. The summed E-state index contributed by atoms with van der Waals surface area (Å²) in [5.74, 6) is -1.24. The molecule has 0 spiro atoms. The van der Waals surface area contributed by atoms with Crippen molar-refractivity contribution in [3.05, 3.63) is 64.1 Å². The maximum absolute atomic E-state index is 15.8. The maximum Gasteiger partial charge on any atom is 0.417 e. The van der Waals surface area contributed by atoms with E-state index in [0.717, 1.165) is 17.2 Å². The molecule has 2 fully saturated rings. The van der Waals surface area contributed by atoms with Crippen molar-refractivity contribution in [2.45, 2.75) is 18.6 Å². The van der Waals surface area contributed by atoms with Gasteiger partial charge in [-0.1, -0.05) is 0 Å². The number of anilines is 3. The number of benzene rings is 1. The first-order valence-corrected chi connectivity index (χ1v) is 14.5. The number of alkyl halides is 3. The Morgan fingerprint density at radius 1 is 1.13 bits per heavy atom. The summed E-state index contributed by atoms with van der Waals surface area (Å²) >= 11 is 0. The van der Waals surface area contributed by atoms with Crippen molar-refractivity contribution < 1.29 is 31.8 Å². The van der Waals surface area contributed by atoms with Gasteiger partial charge in [-0.3, -0.25) is 14.5 Å². The van der Waals surface area contributed by atoms with E-state index < -0.39 is 34.6 Å². The van der Waals surface area contributed by atoms with Crippen molar-refractivity contribution in [2.75, 3.05) is 81.8 Å². The summed E-state index contributed by atoms with van der Waals surface area (Å²) in [5, 5.41) is 2.58. The van der Waals surface area contributed by atoms with Crippen molar-refractivity contribution in [2.24, 2.45) is 7.05 Å². The van der Waals surface area contributed by atoms with Crippen molar-refractivity contribution in [1.29, 1.82) is 0 Å². The van der Waals surface area contributed by atoms with E-state index in [4.69, 9.17) is 9.47 Å². The molecule has 242 valence electrons. The summed E-state index contributed by atoms with van der Waals surface area (Å²) < 4.78 is 68.8. The fourth-order valence-corrected chi connectivity index (χ4v) is 5.51. The van der Waals surface area contributed by atoms with Crippen LogP contribution in [0.25, 0.3) is 11.1 Å². The summed E-state index contributed by atoms with van der Waals surface area (Å²) in [6.45, 7) is 4.53. The zero-order valence-electron chi connectivity index (χ0n) is 25.2. The Hall–Kier alpha value is -4.08. The largest absolute Gasteiger partial charge is 0.417 e. The van der Waals surface area contributed by atoms with Crippen LogP contribution in [0.5, 0.6) is 0 Å². The molecule has 2 aliphatic heterocycles. The number of halogens is 4. The molecule has 0 radical (unpaired) electrons. The monoisotopic (exact) mass is 633 g/mol. The topological polar surface area (TPSA) is 105 Å². The van der Waals surface area contributed by atoms with E-state index in [2.05, 4.69) is 20.2 Å². The third-order valence-corrected chi connectivity index (χ3v) is 8.13. The molecule has 2 aliphatic rings. The Bertz CT molecular complexity index is 1580. The van der Waals surface area contributed by atoms with Crippen LogP contribution in [0.2, 0.25) is 0 Å². The quantitative estimate of drug-likeness (QED) is 0.356. The number of carbonyl (C=O) groups excluding carboxylic acids is 1. The first kappa shape index (κ1) is 32.3. The zero-order valence-corrected chi connectivity index (χ0v) is 25.2. The van der Waals surface area contributed by atoms with E-state index in [1.54, 1.807) is 7.11 Å². The van der Waals surface area contributed by atoms with Gasteiger partial charge in [-0.2, -0.15) is 13.2 Å². The van der Waals surface area contributed by atoms with Crippen molar-refractivity contribution >= 4 is 23.2 Å². The summed E-state index contributed by atoms with van der Waals surface area (Å²) in [7, 11) is 4.83. The van der Waals surface area contributed by atoms with Gasteiger partial charge in [0.15, 0.2) is 0 Å². The fraction of sp³-hybridized carbons (Fsp3) is 0.467. The standard InChI is InChI=1S/C30H35F4N7O4/c1-38(6-9-44-3)20-4-5-41(17-20)26-14-24(31)21(19-15-35-29(36-16-19)40-7-10-45-11-8-40)12-25(26)37-28(43)22-18-39(2)27(42)13-23(22)30(32,33)34/h12-16,18,20H,4-11,17H2,1-3H3,(H,37,43)/t20-/m1/s1. The molecular formula is C30H35F4N7O4. The van der Waals surface area contributed by atoms with Gasteiger partial charge in [0.2, 0.25) is 5.95 Å². The number of aromatic nitrogens is 3. The smallest absolute Gasteiger partial charge is 0.383 e. The van der Waals surface area contributed by atoms with E-state index in [1.807, 2.05) is 16.8 Å². The highest BCUT2D eigenvalue weighted by Crippen LogP contribution is 2.37. The molecule has 2 aromatic heterocycles. The Morgan fingerprint density at radius 2 is 1.84 bits per heavy atom. The maximum atomic E-state index is 15.8. The Morgan fingerprint density at radius 3 is 2.51 bits per heavy atom. The molecule has 2 saturated heterocycles. The van der Waals surface area contributed by atoms with Gasteiger partial charge in [0.25, 0.3) is 11.5 Å². The average Bonchev–Trinajstić information content (AvgIpc) is 3.52. The molecule has 5 rings (SSSR count). The van der Waals surface area contributed by atoms with Gasteiger partial charge in [-0.15, -0.1) is 0 Å². The SMILES string of the molecule is COCCN(C)[C@@H]1CCN(c2cc(F)c(-c3cnc(N4CCOCC4)nc3)cc2NC(=O)c2cn(C)c(=O)cc2C(F)(F)F)C1. The third-order valence-electron chi connectivity index (χ3n) is 8.13. The minimum absolute atomic E-state index is 0.0621. The van der Waals surface area contributed by atoms with Gasteiger partial charge in [-0.25, -0.2) is 14.4 Å². The number of nitrogens with zero attached hydrogens (tertiary/aromatic N) is 6. The highest BCUT2D eigenvalue weighted by atomic mass is 19.4. The molecule has 4 heterocycles. The predicted octanol–water partition coefficient (Wildman–Crippen LogP) is 3.25. The van der Waals surface area contributed by atoms with E-state index in [-0.39, 0.29) is 17.3 Å². The molecule has 1 amide bonds. The number of rotatable bonds is 9. The van der Waals surface area contributed by atoms with Crippen molar-refractivity contribution in [3.8, 4) is 11.1 Å². The molecule has 3 aromatic rings. The van der Waals surface area contributed by atoms with Gasteiger partial charge in [0.05, 0.1) is 42.3 Å². The molecule has 0 saturated carbocycles. The lowest BCUT2D eigenvalue weighted by Gasteiger charge is -2.27. The van der Waals surface area contributed by atoms with E-state index >= 15 is 4.39 Å². The van der Waals surface area contributed by atoms with E-state index in [1.165, 1.54) is 31.6 Å². The molecule has 45 heavy (non-hydrogen) atoms. The van der Waals surface area contributed by atoms with Crippen molar-refractivity contribution in [3.63, 3.8) is 0 Å². The number of morpholine rings is 1. The number of likely N-dealkylation sites (N-methyl/N-ethyl adjacent to an activating group) is 1. The van der Waals surface area contributed by atoms with Gasteiger partial charge >= 0.3 is 6.18 Å². The van der Waals surface area contributed by atoms with Crippen LogP contribution in [0.1, 0.15) is 22.3 Å². The number of methoxy groups -OCH3 is 1. The van der Waals surface area contributed by atoms with Gasteiger partial charge in [0.1, 0.15) is 5.82 Å². The van der Waals surface area contributed by atoms with Crippen LogP contribution >= 0.6 is 0 Å². The normalized spacial score (nSPS) is 17.3. The molecule has 15 heteroatoms. The number of nitrogens with one attached hydrogen (secondary N) is 1. The third kappa shape index (κ3) is 7.26. The van der Waals surface area contributed by atoms with Crippen LogP contribution in [0.15, 0.2) is 41.6 Å². The number of pyridine rings is 1. The fourth-order valence-electron chi connectivity index (χ4n) is 5.51. The molecule has 1 atom stereocenters. The highest BCUT2D eigenvalue weighted by molar-refractivity contribution is 6.07. The Balaban J connectivity index is 1.51. The minimum Gasteiger partial charge on any atom is -0.383 e. The molecule has 1 aromatic carbocycles. The first-order chi connectivity index (χ1) is 21.5. The highest BCUT2D eigenvalue weighted by Gasteiger charge is 2.37. The van der Waals surface area contributed by atoms with Crippen LogP contribution in [-0.2, 0) is 22.7 Å². The molecule has 11 nitrogen and oxygen atoms in total. The Kier molecular flexibility index (Phi) is 9.70. The molecule has 0 bridgehead atoms. The first-order valence-electron chi connectivity index (χ1n) is 14.5. The van der Waals surface area contributed by atoms with Crippen LogP contribution in [-0.4, -0.2) is 98.1 Å². The minimum atomic E-state index is -4.95. The Labute approximate surface area is 257 Å². The van der Waals surface area contributed by atoms with Gasteiger partial charge in [0, 0.05) is 88.7 Å². The van der Waals surface area contributed by atoms with Crippen LogP contribution in [0.4, 0.5) is 34.9 Å². The molecular weight excluding hydrogens is 598 g/mol. The number of amides is 1. The average molecular weight is 634 g/mol. The van der Waals surface area contributed by atoms with Gasteiger partial charge < -0.3 is 29.2 Å². The van der Waals surface area contributed by atoms with Crippen LogP contribution in [0, 0.1) is 5.82 Å². The van der Waals surface area contributed by atoms with Crippen LogP contribution in [0.3, 0.4) is 0 Å².